The molecule has 1 rings (SSSR count). The van der Waals surface area contributed by atoms with Gasteiger partial charge in [-0.3, -0.25) is 4.31 Å². The Hall–Kier alpha value is -1.66. The number of ether oxygens (including phenoxy) is 1. The van der Waals surface area contributed by atoms with Crippen LogP contribution >= 0.6 is 11.9 Å². The van der Waals surface area contributed by atoms with Crippen molar-refractivity contribution in [2.24, 2.45) is 0 Å². The van der Waals surface area contributed by atoms with E-state index in [-0.39, 0.29) is 0 Å². The molecule has 0 bridgehead atoms. The van der Waals surface area contributed by atoms with E-state index in [9.17, 15) is 9.90 Å². The molecule has 5 nitrogen and oxygen atoms in total. The smallest absolute Gasteiger partial charge is 0.331 e. The van der Waals surface area contributed by atoms with Gasteiger partial charge in [-0.25, -0.2) is 4.79 Å². The Morgan fingerprint density at radius 3 is 2.16 bits per heavy atom. The summed E-state index contributed by atoms with van der Waals surface area (Å²) in [5.74, 6) is 1.54. The highest BCUT2D eigenvalue weighted by Gasteiger charge is 2.19. The summed E-state index contributed by atoms with van der Waals surface area (Å²) in [4.78, 5) is 13.9. The highest BCUT2D eigenvalue weighted by Crippen LogP contribution is 2.27. The number of carboxylic acid groups (broad SMARTS) is 1. The summed E-state index contributed by atoms with van der Waals surface area (Å²) >= 11 is 1.66. The van der Waals surface area contributed by atoms with E-state index in [1.54, 1.807) is 24.9 Å². The van der Waals surface area contributed by atoms with E-state index >= 15 is 0 Å². The molecule has 0 amide bonds. The predicted molar refractivity (Wildman–Crippen MR) is 139 cm³/mol. The Labute approximate surface area is 201 Å². The molecule has 0 radical (unpaired) electrons. The molecule has 184 valence electrons. The van der Waals surface area contributed by atoms with Gasteiger partial charge in [0.05, 0.1) is 11.4 Å². The van der Waals surface area contributed by atoms with Crippen molar-refractivity contribution in [3.8, 4) is 0 Å². The van der Waals surface area contributed by atoms with Crippen molar-refractivity contribution in [2.45, 2.75) is 80.1 Å². The molecule has 0 aromatic rings. The molecule has 1 N–H and O–H groups in total. The predicted octanol–water partition coefficient (Wildman–Crippen LogP) is 7.01. The summed E-state index contributed by atoms with van der Waals surface area (Å²) < 4.78 is 8.50. The van der Waals surface area contributed by atoms with Crippen LogP contribution in [0.15, 0.2) is 46.6 Å². The van der Waals surface area contributed by atoms with E-state index in [0.29, 0.717) is 11.3 Å². The normalized spacial score (nSPS) is 14.7. The third-order valence-corrected chi connectivity index (χ3v) is 5.82. The SMILES string of the molecule is CC.CCCCN(CCCC)C(/C=C(\C)C(=O)O)=C(/CSN(C)C)OC1=CC=C(C)CC1. The van der Waals surface area contributed by atoms with Gasteiger partial charge in [-0.05, 0) is 59.4 Å². The molecule has 6 heteroatoms. The third kappa shape index (κ3) is 12.4. The number of unbranched alkanes of at least 4 members (excludes halogenated alkanes) is 2. The maximum absolute atomic E-state index is 11.6. The van der Waals surface area contributed by atoms with Crippen molar-refractivity contribution >= 4 is 17.9 Å². The molecule has 0 aromatic heterocycles. The van der Waals surface area contributed by atoms with Crippen molar-refractivity contribution < 1.29 is 14.6 Å². The fourth-order valence-electron chi connectivity index (χ4n) is 2.97. The second-order valence-corrected chi connectivity index (χ2v) is 9.25. The fraction of sp³-hybridized carbons (Fsp3) is 0.654. The van der Waals surface area contributed by atoms with Gasteiger partial charge in [-0.2, -0.15) is 0 Å². The van der Waals surface area contributed by atoms with E-state index in [1.165, 1.54) is 5.57 Å². The Balaban J connectivity index is 0.00000466. The molecule has 0 atom stereocenters. The number of nitrogens with zero attached hydrogens (tertiary/aromatic N) is 2. The van der Waals surface area contributed by atoms with Gasteiger partial charge in [0.25, 0.3) is 0 Å². The van der Waals surface area contributed by atoms with Crippen LogP contribution in [0, 0.1) is 0 Å². The standard InChI is InChI=1S/C24H40N2O3S.C2H6/c1-7-9-15-26(16-10-8-2)22(17-20(4)24(27)28)23(18-30-25(5)6)29-21-13-11-19(3)12-14-21;1-2/h11,13,17H,7-10,12,14-16,18H2,1-6H3,(H,27,28);1-2H3/b20-17+,23-22-;. The van der Waals surface area contributed by atoms with Gasteiger partial charge in [0.1, 0.15) is 11.5 Å². The van der Waals surface area contributed by atoms with E-state index in [4.69, 9.17) is 4.74 Å². The van der Waals surface area contributed by atoms with Gasteiger partial charge >= 0.3 is 5.97 Å². The topological polar surface area (TPSA) is 53.0 Å². The zero-order valence-electron chi connectivity index (χ0n) is 21.7. The third-order valence-electron chi connectivity index (χ3n) is 4.91. The molecule has 1 aliphatic carbocycles. The first-order valence-electron chi connectivity index (χ1n) is 12.0. The van der Waals surface area contributed by atoms with Crippen molar-refractivity contribution in [3.05, 3.63) is 46.6 Å². The molecular weight excluding hydrogens is 420 g/mol. The van der Waals surface area contributed by atoms with Gasteiger partial charge in [0.15, 0.2) is 0 Å². The lowest BCUT2D eigenvalue weighted by atomic mass is 10.1. The van der Waals surface area contributed by atoms with Crippen molar-refractivity contribution in [3.63, 3.8) is 0 Å². The zero-order valence-corrected chi connectivity index (χ0v) is 22.5. The van der Waals surface area contributed by atoms with Crippen LogP contribution in [0.1, 0.15) is 80.1 Å². The zero-order chi connectivity index (χ0) is 24.5. The van der Waals surface area contributed by atoms with E-state index < -0.39 is 5.97 Å². The summed E-state index contributed by atoms with van der Waals surface area (Å²) in [6.07, 6.45) is 12.1. The van der Waals surface area contributed by atoms with Crippen molar-refractivity contribution in [2.75, 3.05) is 32.9 Å². The first kappa shape index (κ1) is 30.3. The maximum atomic E-state index is 11.6. The summed E-state index contributed by atoms with van der Waals surface area (Å²) in [6.45, 7) is 13.9. The van der Waals surface area contributed by atoms with Crippen LogP contribution in [-0.4, -0.2) is 53.2 Å². The first-order chi connectivity index (χ1) is 15.3. The second-order valence-electron chi connectivity index (χ2n) is 7.97. The van der Waals surface area contributed by atoms with Crippen LogP contribution in [-0.2, 0) is 9.53 Å². The molecular formula is C26H46N2O3S. The lowest BCUT2D eigenvalue weighted by Crippen LogP contribution is -2.27. The van der Waals surface area contributed by atoms with Crippen molar-refractivity contribution in [1.29, 1.82) is 0 Å². The molecule has 0 heterocycles. The number of hydrogen-bond donors (Lipinski definition) is 1. The van der Waals surface area contributed by atoms with Gasteiger partial charge in [-0.1, -0.05) is 64.1 Å². The van der Waals surface area contributed by atoms with E-state index in [2.05, 4.69) is 36.1 Å². The minimum Gasteiger partial charge on any atom is -0.478 e. The molecule has 0 saturated heterocycles. The van der Waals surface area contributed by atoms with Crippen LogP contribution in [0.4, 0.5) is 0 Å². The summed E-state index contributed by atoms with van der Waals surface area (Å²) in [6, 6.07) is 0. The molecule has 0 unspecified atom stereocenters. The van der Waals surface area contributed by atoms with Crippen LogP contribution < -0.4 is 0 Å². The van der Waals surface area contributed by atoms with Crippen molar-refractivity contribution in [1.82, 2.24) is 9.21 Å². The number of carboxylic acids is 1. The van der Waals surface area contributed by atoms with Gasteiger partial charge in [-0.15, -0.1) is 0 Å². The lowest BCUT2D eigenvalue weighted by molar-refractivity contribution is -0.132. The number of hydrogen-bond acceptors (Lipinski definition) is 5. The molecule has 0 spiro atoms. The number of carbonyl (C=O) groups is 1. The summed E-state index contributed by atoms with van der Waals surface area (Å²) in [7, 11) is 4.02. The molecule has 0 fully saturated rings. The average molecular weight is 467 g/mol. The van der Waals surface area contributed by atoms with Gasteiger partial charge < -0.3 is 14.7 Å². The van der Waals surface area contributed by atoms with Gasteiger partial charge in [0, 0.05) is 25.1 Å². The molecule has 32 heavy (non-hydrogen) atoms. The minimum atomic E-state index is -0.895. The molecule has 0 aliphatic heterocycles. The Morgan fingerprint density at radius 2 is 1.72 bits per heavy atom. The average Bonchev–Trinajstić information content (AvgIpc) is 2.78. The Bertz CT molecular complexity index is 671. The fourth-order valence-corrected chi connectivity index (χ4v) is 3.56. The number of aliphatic carboxylic acids is 1. The lowest BCUT2D eigenvalue weighted by Gasteiger charge is -2.29. The largest absolute Gasteiger partial charge is 0.478 e. The molecule has 0 saturated carbocycles. The van der Waals surface area contributed by atoms with Crippen LogP contribution in [0.25, 0.3) is 0 Å². The van der Waals surface area contributed by atoms with Crippen LogP contribution in [0.2, 0.25) is 0 Å². The molecule has 0 aromatic carbocycles. The first-order valence-corrected chi connectivity index (χ1v) is 13.0. The summed E-state index contributed by atoms with van der Waals surface area (Å²) in [5.41, 5.74) is 2.58. The van der Waals surface area contributed by atoms with Gasteiger partial charge in [0.2, 0.25) is 0 Å². The van der Waals surface area contributed by atoms with Crippen LogP contribution in [0.5, 0.6) is 0 Å². The van der Waals surface area contributed by atoms with E-state index in [1.807, 2.05) is 34.0 Å². The minimum absolute atomic E-state index is 0.326. The highest BCUT2D eigenvalue weighted by atomic mass is 32.2. The Kier molecular flexibility index (Phi) is 16.9. The Morgan fingerprint density at radius 1 is 1.12 bits per heavy atom. The van der Waals surface area contributed by atoms with E-state index in [0.717, 1.165) is 68.8 Å². The monoisotopic (exact) mass is 466 g/mol. The maximum Gasteiger partial charge on any atom is 0.331 e. The molecule has 1 aliphatic rings. The van der Waals surface area contributed by atoms with Crippen LogP contribution in [0.3, 0.4) is 0 Å². The highest BCUT2D eigenvalue weighted by molar-refractivity contribution is 7.97. The number of allylic oxidation sites excluding steroid dienone is 5. The summed E-state index contributed by atoms with van der Waals surface area (Å²) in [5, 5.41) is 9.53. The number of rotatable bonds is 14. The second kappa shape index (κ2) is 17.8. The quantitative estimate of drug-likeness (QED) is 0.129.